The van der Waals surface area contributed by atoms with Gasteiger partial charge < -0.3 is 220 Å². The number of hydrogen-bond donors (Lipinski definition) is 28. The number of amides is 4. The zero-order chi connectivity index (χ0) is 104. The molecule has 8 saturated heterocycles. The Balaban J connectivity index is 0.980. The van der Waals surface area contributed by atoms with Crippen LogP contribution in [0.15, 0.2) is 12.2 Å². The van der Waals surface area contributed by atoms with Gasteiger partial charge in [-0.3, -0.25) is 19.2 Å². The number of carbonyl (C=O) groups is 5. The van der Waals surface area contributed by atoms with E-state index in [-0.39, 0.29) is 12.3 Å². The van der Waals surface area contributed by atoms with Crippen molar-refractivity contribution in [2.45, 2.75) is 491 Å². The Bertz CT molecular complexity index is 3620. The second-order valence-electron chi connectivity index (χ2n) is 38.4. The summed E-state index contributed by atoms with van der Waals surface area (Å²) < 4.78 is 96.5. The van der Waals surface area contributed by atoms with Gasteiger partial charge in [0.2, 0.25) is 23.6 Å². The van der Waals surface area contributed by atoms with Crippen LogP contribution in [0.1, 0.15) is 228 Å². The molecule has 0 bridgehead atoms. The molecule has 43 atom stereocenters. The number of unbranched alkanes of at least 4 members (excludes halogenated alkanes) is 25. The lowest BCUT2D eigenvalue weighted by Crippen LogP contribution is -2.72. The summed E-state index contributed by atoms with van der Waals surface area (Å²) in [6, 6.07) is -7.00. The van der Waals surface area contributed by atoms with E-state index >= 15 is 0 Å². The number of rotatable bonds is 61. The highest BCUT2D eigenvalue weighted by Crippen LogP contribution is 2.43. The third-order valence-electron chi connectivity index (χ3n) is 27.3. The monoisotopic (exact) mass is 2060 g/mol. The molecule has 49 heteroatoms. The van der Waals surface area contributed by atoms with Crippen molar-refractivity contribution >= 4 is 29.6 Å². The Labute approximate surface area is 825 Å². The van der Waals surface area contributed by atoms with Crippen LogP contribution in [0.25, 0.3) is 0 Å². The molecule has 0 spiro atoms. The molecule has 16 unspecified atom stereocenters. The first-order valence-corrected chi connectivity index (χ1v) is 50.5. The van der Waals surface area contributed by atoms with E-state index in [4.69, 9.17) is 75.8 Å². The molecular weight excluding hydrogens is 1890 g/mol. The number of carbonyl (C=O) groups excluding carboxylic acids is 4. The van der Waals surface area contributed by atoms with Crippen LogP contribution in [0.3, 0.4) is 0 Å². The van der Waals surface area contributed by atoms with Crippen LogP contribution in [0.4, 0.5) is 0 Å². The van der Waals surface area contributed by atoms with Gasteiger partial charge in [-0.15, -0.1) is 0 Å². The predicted octanol–water partition coefficient (Wildman–Crippen LogP) is -6.40. The number of nitrogens with one attached hydrogen (secondary N) is 4. The van der Waals surface area contributed by atoms with Crippen LogP contribution < -0.4 is 21.3 Å². The van der Waals surface area contributed by atoms with E-state index < -0.39 is 346 Å². The quantitative estimate of drug-likeness (QED) is 0.0199. The van der Waals surface area contributed by atoms with Gasteiger partial charge in [-0.05, 0) is 26.2 Å². The normalized spacial score (nSPS) is 38.8. The van der Waals surface area contributed by atoms with Gasteiger partial charge in [0.1, 0.15) is 183 Å². The van der Waals surface area contributed by atoms with Crippen molar-refractivity contribution in [3.63, 3.8) is 0 Å². The molecule has 0 aliphatic carbocycles. The highest BCUT2D eigenvalue weighted by Gasteiger charge is 2.64. The SMILES string of the molecule is CCCCCCCCCCCCC/C=C/[C@@H](O)[C@H](CO[C@@H]1OC(CO)[C@@H](O[C@@H]2OC(CO)[C@H](O)[C@H](O[C@@H]3OC(CO)[C@@H](O[C@@H]4OC(CO)[C@H](O)[C@H](O[C@@H]5OC(CO)[C@@H](O[C@H]6OC(C)[C@@H](O)C(O)[C@@H]6O)[C@H](O[C@@H]6OC(CO)[C@H](O)[C@H](O[C@]7(C(=O)O)CC(O)[C@@H](NC(C)=O)C([C@H](O)[C@H](O)CO)O7)C6O)C5NC(C)=O)C4O)[C@H](O)C3NC(C)=O)C2O)[C@H](O)C1O)NC(=O)CCCCCCCCCCCCCCCCC. The molecule has 4 amide bonds. The van der Waals surface area contributed by atoms with Gasteiger partial charge in [-0.25, -0.2) is 4.79 Å². The summed E-state index contributed by atoms with van der Waals surface area (Å²) in [5.74, 6) is -8.80. The van der Waals surface area contributed by atoms with Crippen LogP contribution >= 0.6 is 0 Å². The Morgan fingerprint density at radius 3 is 1.20 bits per heavy atom. The molecule has 49 nitrogen and oxygen atoms in total. The topological polar surface area (TPSA) is 767 Å². The molecule has 8 fully saturated rings. The molecule has 28 N–H and O–H groups in total. The molecule has 0 aromatic heterocycles. The smallest absolute Gasteiger partial charge is 0.364 e. The number of aliphatic hydroxyl groups is 23. The molecule has 142 heavy (non-hydrogen) atoms. The summed E-state index contributed by atoms with van der Waals surface area (Å²) in [6.45, 7) is -0.267. The summed E-state index contributed by atoms with van der Waals surface area (Å²) in [6.07, 6.45) is -47.6. The van der Waals surface area contributed by atoms with Crippen molar-refractivity contribution < 1.29 is 222 Å². The van der Waals surface area contributed by atoms with Crippen molar-refractivity contribution in [2.24, 2.45) is 0 Å². The van der Waals surface area contributed by atoms with E-state index in [0.29, 0.717) is 12.8 Å². The number of hydrogen-bond acceptors (Lipinski definition) is 44. The van der Waals surface area contributed by atoms with E-state index in [1.807, 2.05) is 6.08 Å². The van der Waals surface area contributed by atoms with Gasteiger partial charge in [0.25, 0.3) is 5.79 Å². The highest BCUT2D eigenvalue weighted by atomic mass is 16.8. The average Bonchev–Trinajstić information content (AvgIpc) is 0.746. The third kappa shape index (κ3) is 34.3. The number of carboxylic acid groups (broad SMARTS) is 1. The van der Waals surface area contributed by atoms with Crippen molar-refractivity contribution in [3.05, 3.63) is 12.2 Å². The molecule has 8 heterocycles. The van der Waals surface area contributed by atoms with Crippen LogP contribution in [-0.4, -0.2) is 468 Å². The Morgan fingerprint density at radius 1 is 0.380 bits per heavy atom. The van der Waals surface area contributed by atoms with E-state index in [1.54, 1.807) is 6.08 Å². The summed E-state index contributed by atoms with van der Waals surface area (Å²) in [4.78, 5) is 66.4. The van der Waals surface area contributed by atoms with Crippen LogP contribution in [-0.2, 0) is 99.8 Å². The molecular formula is C93H164N4O45. The fourth-order valence-electron chi connectivity index (χ4n) is 19.1. The lowest BCUT2D eigenvalue weighted by molar-refractivity contribution is -0.399. The van der Waals surface area contributed by atoms with Gasteiger partial charge in [0.15, 0.2) is 44.0 Å². The molecule has 8 aliphatic heterocycles. The summed E-state index contributed by atoms with van der Waals surface area (Å²) in [7, 11) is 0. The lowest BCUT2D eigenvalue weighted by Gasteiger charge is -2.52. The molecule has 8 rings (SSSR count). The zero-order valence-corrected chi connectivity index (χ0v) is 81.9. The molecule has 0 saturated carbocycles. The van der Waals surface area contributed by atoms with E-state index in [1.165, 1.54) is 110 Å². The van der Waals surface area contributed by atoms with Crippen LogP contribution in [0.2, 0.25) is 0 Å². The van der Waals surface area contributed by atoms with Gasteiger partial charge in [0, 0.05) is 33.6 Å². The van der Waals surface area contributed by atoms with Gasteiger partial charge in [0.05, 0.1) is 83.3 Å². The standard InChI is InChI=1S/C93H164N4O45/c1-7-9-11-13-15-17-19-21-22-24-26-28-30-32-34-36-60(111)97-50(51(108)35-33-31-29-27-25-23-20-18-16-14-12-10-8-2)45-127-87-73(121)71(119)78(58(43-103)134-87)136-90-74(122)82(66(114)54(39-99)130-90)139-85-62(95-48(5)106)69(117)77(57(42-102)132-85)135-89-75(123)83(67(115)55(40-100)129-89)140-86-63(96-49(6)107)81(79(59(44-104)133-86)137-88-72(120)70(118)64(112)46(3)128-88)138-91-76(124)84(68(116)56(41-101)131-91)142-93(92(125)126)37-52(109)61(94-47(4)105)80(141-93)65(113)53(110)38-98/h33,35,46,50-59,61-91,98-104,108-110,112-124H,7-32,34,36-45H2,1-6H3,(H,94,105)(H,95,106)(H,96,107)(H,97,111)(H,125,126)/b35-33+/t46?,50-,51+,52?,53+,54?,55?,56?,57?,58?,59?,61+,62?,63?,64+,65+,66-,67-,68-,69+,70?,71+,72-,73?,74?,75?,76?,77+,78+,79+,80?,81+,82-,83-,84-,85-,86-,87+,88+,89-,90-,91-,93-/m0/s1. The summed E-state index contributed by atoms with van der Waals surface area (Å²) in [5.41, 5.74) is 0. The second-order valence-corrected chi connectivity index (χ2v) is 38.4. The Hall–Kier alpha value is -4.47. The molecule has 0 radical (unpaired) electrons. The van der Waals surface area contributed by atoms with Gasteiger partial charge in [-0.1, -0.05) is 180 Å². The fourth-order valence-corrected chi connectivity index (χ4v) is 19.1. The zero-order valence-electron chi connectivity index (χ0n) is 81.9. The lowest BCUT2D eigenvalue weighted by atomic mass is 9.88. The van der Waals surface area contributed by atoms with Gasteiger partial charge >= 0.3 is 5.97 Å². The minimum absolute atomic E-state index is 0.139. The van der Waals surface area contributed by atoms with Crippen molar-refractivity contribution in [3.8, 4) is 0 Å². The first-order valence-electron chi connectivity index (χ1n) is 50.5. The number of ether oxygens (including phenoxy) is 16. The van der Waals surface area contributed by atoms with Crippen molar-refractivity contribution in [1.29, 1.82) is 0 Å². The highest BCUT2D eigenvalue weighted by molar-refractivity contribution is 5.77. The van der Waals surface area contributed by atoms with Crippen molar-refractivity contribution in [1.82, 2.24) is 21.3 Å². The van der Waals surface area contributed by atoms with E-state index in [9.17, 15) is 147 Å². The van der Waals surface area contributed by atoms with Crippen LogP contribution in [0, 0.1) is 0 Å². The maximum atomic E-state index is 13.7. The molecule has 0 aromatic rings. The first-order chi connectivity index (χ1) is 67.8. The minimum Gasteiger partial charge on any atom is -0.477 e. The average molecular weight is 2060 g/mol. The number of allylic oxidation sites excluding steroid dienone is 1. The Morgan fingerprint density at radius 2 is 0.746 bits per heavy atom. The second kappa shape index (κ2) is 61.7. The summed E-state index contributed by atoms with van der Waals surface area (Å²) >= 11 is 0. The molecule has 8 aliphatic rings. The fraction of sp³-hybridized carbons (Fsp3) is 0.925. The van der Waals surface area contributed by atoms with Crippen molar-refractivity contribution in [2.75, 3.05) is 52.9 Å². The van der Waals surface area contributed by atoms with Crippen LogP contribution in [0.5, 0.6) is 0 Å². The molecule has 0 aromatic carbocycles. The predicted molar refractivity (Wildman–Crippen MR) is 486 cm³/mol. The van der Waals surface area contributed by atoms with E-state index in [2.05, 4.69) is 35.1 Å². The molecule has 826 valence electrons. The van der Waals surface area contributed by atoms with E-state index in [0.717, 1.165) is 78.6 Å². The number of aliphatic hydroxyl groups excluding tert-OH is 23. The maximum absolute atomic E-state index is 13.7. The number of aliphatic carboxylic acids is 1. The number of carboxylic acids is 1. The first kappa shape index (κ1) is 123. The van der Waals surface area contributed by atoms with Gasteiger partial charge in [-0.2, -0.15) is 0 Å². The largest absolute Gasteiger partial charge is 0.477 e. The maximum Gasteiger partial charge on any atom is 0.364 e. The summed E-state index contributed by atoms with van der Waals surface area (Å²) in [5, 5.41) is 283. The Kier molecular flexibility index (Phi) is 53.4. The third-order valence-corrected chi connectivity index (χ3v) is 27.3. The minimum atomic E-state index is -3.36.